The van der Waals surface area contributed by atoms with Crippen LogP contribution in [-0.2, 0) is 11.3 Å². The van der Waals surface area contributed by atoms with E-state index in [0.29, 0.717) is 25.3 Å². The van der Waals surface area contributed by atoms with Crippen molar-refractivity contribution in [2.75, 3.05) is 6.54 Å². The van der Waals surface area contributed by atoms with Crippen LogP contribution in [0.2, 0.25) is 0 Å². The maximum absolute atomic E-state index is 12.5. The molecule has 122 valence electrons. The van der Waals surface area contributed by atoms with Crippen LogP contribution in [0, 0.1) is 0 Å². The minimum atomic E-state index is -0.966. The number of carbonyl (C=O) groups is 2. The molecule has 0 radical (unpaired) electrons. The molecular formula is C15H16BrN3O4. The van der Waals surface area contributed by atoms with Crippen molar-refractivity contribution in [3.05, 3.63) is 40.5 Å². The molecule has 8 heteroatoms. The van der Waals surface area contributed by atoms with Gasteiger partial charge in [0.25, 0.3) is 5.91 Å². The van der Waals surface area contributed by atoms with E-state index in [4.69, 9.17) is 4.42 Å². The maximum atomic E-state index is 12.5. The van der Waals surface area contributed by atoms with Crippen molar-refractivity contribution in [3.63, 3.8) is 0 Å². The molecule has 0 aromatic carbocycles. The SMILES string of the molecule is O=C(O)C1CCCCN1C(=O)c1ccc(Cn2cc(Br)cn2)o1. The zero-order valence-electron chi connectivity index (χ0n) is 12.3. The van der Waals surface area contributed by atoms with Crippen molar-refractivity contribution in [3.8, 4) is 0 Å². The van der Waals surface area contributed by atoms with E-state index in [1.165, 1.54) is 4.90 Å². The van der Waals surface area contributed by atoms with Gasteiger partial charge in [0.15, 0.2) is 5.76 Å². The quantitative estimate of drug-likeness (QED) is 0.877. The molecule has 23 heavy (non-hydrogen) atoms. The van der Waals surface area contributed by atoms with Crippen LogP contribution in [0.15, 0.2) is 33.4 Å². The maximum Gasteiger partial charge on any atom is 0.326 e. The van der Waals surface area contributed by atoms with Gasteiger partial charge in [-0.25, -0.2) is 4.79 Å². The Morgan fingerprint density at radius 2 is 2.22 bits per heavy atom. The fraction of sp³-hybridized carbons (Fsp3) is 0.400. The number of aromatic nitrogens is 2. The van der Waals surface area contributed by atoms with Crippen LogP contribution >= 0.6 is 15.9 Å². The lowest BCUT2D eigenvalue weighted by atomic mass is 10.0. The Bertz CT molecular complexity index is 724. The zero-order chi connectivity index (χ0) is 16.4. The summed E-state index contributed by atoms with van der Waals surface area (Å²) in [6, 6.07) is 2.53. The molecule has 3 rings (SSSR count). The first-order valence-corrected chi connectivity index (χ1v) is 8.14. The van der Waals surface area contributed by atoms with E-state index in [1.54, 1.807) is 29.2 Å². The van der Waals surface area contributed by atoms with Crippen LogP contribution in [-0.4, -0.2) is 44.3 Å². The second-order valence-electron chi connectivity index (χ2n) is 5.47. The van der Waals surface area contributed by atoms with Crippen molar-refractivity contribution in [1.82, 2.24) is 14.7 Å². The number of piperidine rings is 1. The largest absolute Gasteiger partial charge is 0.480 e. The molecule has 1 amide bonds. The minimum Gasteiger partial charge on any atom is -0.480 e. The van der Waals surface area contributed by atoms with Crippen molar-refractivity contribution in [2.45, 2.75) is 31.8 Å². The first kappa shape index (κ1) is 15.8. The third kappa shape index (κ3) is 3.47. The van der Waals surface area contributed by atoms with E-state index in [1.807, 2.05) is 0 Å². The number of carboxylic acid groups (broad SMARTS) is 1. The summed E-state index contributed by atoms with van der Waals surface area (Å²) in [5.41, 5.74) is 0. The van der Waals surface area contributed by atoms with Gasteiger partial charge in [0.05, 0.1) is 17.2 Å². The number of rotatable bonds is 4. The molecule has 0 spiro atoms. The standard InChI is InChI=1S/C15H16BrN3O4/c16-10-7-17-18(8-10)9-11-4-5-13(23-11)14(20)19-6-2-1-3-12(19)15(21)22/h4-5,7-8,12H,1-3,6,9H2,(H,21,22). The minimum absolute atomic E-state index is 0.166. The number of carbonyl (C=O) groups excluding carboxylic acids is 1. The molecule has 1 fully saturated rings. The second-order valence-corrected chi connectivity index (χ2v) is 6.39. The van der Waals surface area contributed by atoms with Gasteiger partial charge in [-0.2, -0.15) is 5.10 Å². The van der Waals surface area contributed by atoms with Crippen molar-refractivity contribution < 1.29 is 19.1 Å². The number of likely N-dealkylation sites (tertiary alicyclic amines) is 1. The third-order valence-corrected chi connectivity index (χ3v) is 4.25. The van der Waals surface area contributed by atoms with Gasteiger partial charge in [0.1, 0.15) is 11.8 Å². The third-order valence-electron chi connectivity index (χ3n) is 3.84. The molecular weight excluding hydrogens is 366 g/mol. The van der Waals surface area contributed by atoms with E-state index < -0.39 is 12.0 Å². The number of halogens is 1. The Balaban J connectivity index is 1.73. The van der Waals surface area contributed by atoms with E-state index >= 15 is 0 Å². The van der Waals surface area contributed by atoms with Crippen molar-refractivity contribution in [1.29, 1.82) is 0 Å². The molecule has 0 aliphatic carbocycles. The molecule has 1 unspecified atom stereocenters. The number of amides is 1. The monoisotopic (exact) mass is 381 g/mol. The summed E-state index contributed by atoms with van der Waals surface area (Å²) in [5.74, 6) is -0.580. The van der Waals surface area contributed by atoms with Gasteiger partial charge in [-0.15, -0.1) is 0 Å². The average Bonchev–Trinajstić information content (AvgIpc) is 3.16. The van der Waals surface area contributed by atoms with Crippen LogP contribution in [0.3, 0.4) is 0 Å². The lowest BCUT2D eigenvalue weighted by Gasteiger charge is -2.32. The fourth-order valence-corrected chi connectivity index (χ4v) is 3.06. The lowest BCUT2D eigenvalue weighted by Crippen LogP contribution is -2.47. The number of hydrogen-bond donors (Lipinski definition) is 1. The summed E-state index contributed by atoms with van der Waals surface area (Å²) in [4.78, 5) is 25.2. The first-order chi connectivity index (χ1) is 11.0. The molecule has 1 atom stereocenters. The molecule has 7 nitrogen and oxygen atoms in total. The predicted octanol–water partition coefficient (Wildman–Crippen LogP) is 2.37. The Morgan fingerprint density at radius 3 is 2.91 bits per heavy atom. The Kier molecular flexibility index (Phi) is 4.51. The predicted molar refractivity (Wildman–Crippen MR) is 84.0 cm³/mol. The zero-order valence-corrected chi connectivity index (χ0v) is 13.9. The van der Waals surface area contributed by atoms with Crippen LogP contribution < -0.4 is 0 Å². The highest BCUT2D eigenvalue weighted by Crippen LogP contribution is 2.21. The summed E-state index contributed by atoms with van der Waals surface area (Å²) in [6.45, 7) is 0.846. The molecule has 2 aromatic heterocycles. The van der Waals surface area contributed by atoms with E-state index in [9.17, 15) is 14.7 Å². The molecule has 0 bridgehead atoms. The number of furan rings is 1. The lowest BCUT2D eigenvalue weighted by molar-refractivity contribution is -0.143. The highest BCUT2D eigenvalue weighted by atomic mass is 79.9. The Labute approximate surface area is 141 Å². The highest BCUT2D eigenvalue weighted by Gasteiger charge is 2.33. The van der Waals surface area contributed by atoms with Crippen LogP contribution in [0.4, 0.5) is 0 Å². The molecule has 1 saturated heterocycles. The van der Waals surface area contributed by atoms with Gasteiger partial charge in [-0.3, -0.25) is 9.48 Å². The number of aliphatic carboxylic acids is 1. The Morgan fingerprint density at radius 1 is 1.39 bits per heavy atom. The van der Waals surface area contributed by atoms with Gasteiger partial charge in [-0.05, 0) is 47.3 Å². The fourth-order valence-electron chi connectivity index (χ4n) is 2.74. The topological polar surface area (TPSA) is 88.6 Å². The van der Waals surface area contributed by atoms with Crippen LogP contribution in [0.1, 0.15) is 35.6 Å². The van der Waals surface area contributed by atoms with Gasteiger partial charge in [0, 0.05) is 12.7 Å². The van der Waals surface area contributed by atoms with Gasteiger partial charge in [0.2, 0.25) is 0 Å². The van der Waals surface area contributed by atoms with Crippen molar-refractivity contribution in [2.24, 2.45) is 0 Å². The van der Waals surface area contributed by atoms with Crippen LogP contribution in [0.25, 0.3) is 0 Å². The summed E-state index contributed by atoms with van der Waals surface area (Å²) < 4.78 is 8.12. The first-order valence-electron chi connectivity index (χ1n) is 7.35. The molecule has 0 saturated carbocycles. The summed E-state index contributed by atoms with van der Waals surface area (Å²) in [6.07, 6.45) is 5.58. The summed E-state index contributed by atoms with van der Waals surface area (Å²) in [5, 5.41) is 13.4. The summed E-state index contributed by atoms with van der Waals surface area (Å²) >= 11 is 3.32. The second kappa shape index (κ2) is 6.57. The van der Waals surface area contributed by atoms with Gasteiger partial charge in [-0.1, -0.05) is 0 Å². The number of carboxylic acids is 1. The Hall–Kier alpha value is -2.09. The van der Waals surface area contributed by atoms with Gasteiger partial charge < -0.3 is 14.4 Å². The van der Waals surface area contributed by atoms with Gasteiger partial charge >= 0.3 is 5.97 Å². The normalized spacial score (nSPS) is 18.1. The van der Waals surface area contributed by atoms with Crippen LogP contribution in [0.5, 0.6) is 0 Å². The molecule has 1 aliphatic rings. The molecule has 2 aromatic rings. The highest BCUT2D eigenvalue weighted by molar-refractivity contribution is 9.10. The van der Waals surface area contributed by atoms with E-state index in [2.05, 4.69) is 21.0 Å². The van der Waals surface area contributed by atoms with E-state index in [-0.39, 0.29) is 11.7 Å². The molecule has 1 N–H and O–H groups in total. The average molecular weight is 382 g/mol. The van der Waals surface area contributed by atoms with Crippen molar-refractivity contribution >= 4 is 27.8 Å². The molecule has 1 aliphatic heterocycles. The van der Waals surface area contributed by atoms with E-state index in [0.717, 1.165) is 17.3 Å². The summed E-state index contributed by atoms with van der Waals surface area (Å²) in [7, 11) is 0. The molecule has 3 heterocycles. The number of nitrogens with zero attached hydrogens (tertiary/aromatic N) is 3. The number of hydrogen-bond acceptors (Lipinski definition) is 4. The smallest absolute Gasteiger partial charge is 0.326 e.